The highest BCUT2D eigenvalue weighted by Gasteiger charge is 2.19. The first kappa shape index (κ1) is 12.7. The van der Waals surface area contributed by atoms with Crippen LogP contribution in [0.1, 0.15) is 23.3 Å². The third kappa shape index (κ3) is 2.08. The number of thiophene rings is 1. The smallest absolute Gasteiger partial charge is 0.260 e. The number of fused-ring (bicyclic) bond motifs is 3. The van der Waals surface area contributed by atoms with Crippen LogP contribution in [0.15, 0.2) is 29.1 Å². The molecule has 0 amide bonds. The molecule has 0 saturated heterocycles. The van der Waals surface area contributed by atoms with Gasteiger partial charge in [-0.2, -0.15) is 0 Å². The van der Waals surface area contributed by atoms with E-state index in [0.717, 1.165) is 35.0 Å². The number of hydrogen-bond donors (Lipinski definition) is 1. The van der Waals surface area contributed by atoms with E-state index >= 15 is 0 Å². The molecular formula is C16H13FN2OS. The Labute approximate surface area is 124 Å². The van der Waals surface area contributed by atoms with Crippen molar-refractivity contribution in [2.75, 3.05) is 0 Å². The zero-order valence-corrected chi connectivity index (χ0v) is 12.1. The van der Waals surface area contributed by atoms with Gasteiger partial charge in [0, 0.05) is 10.4 Å². The summed E-state index contributed by atoms with van der Waals surface area (Å²) < 4.78 is 13.0. The first-order valence-electron chi connectivity index (χ1n) is 7.03. The summed E-state index contributed by atoms with van der Waals surface area (Å²) in [5, 5.41) is 0.751. The Morgan fingerprint density at radius 2 is 1.90 bits per heavy atom. The van der Waals surface area contributed by atoms with E-state index in [1.807, 2.05) is 0 Å². The molecule has 2 aromatic heterocycles. The SMILES string of the molecule is O=c1[nH]c(-c2ccc(F)cc2)nc2sc3c(c12)CCCC3. The van der Waals surface area contributed by atoms with Crippen molar-refractivity contribution in [1.82, 2.24) is 9.97 Å². The zero-order valence-electron chi connectivity index (χ0n) is 11.3. The van der Waals surface area contributed by atoms with Gasteiger partial charge < -0.3 is 4.98 Å². The third-order valence-electron chi connectivity index (χ3n) is 3.94. The van der Waals surface area contributed by atoms with Gasteiger partial charge in [0.2, 0.25) is 0 Å². The minimum Gasteiger partial charge on any atom is -0.306 e. The topological polar surface area (TPSA) is 45.8 Å². The van der Waals surface area contributed by atoms with Crippen LogP contribution in [-0.4, -0.2) is 9.97 Å². The second-order valence-corrected chi connectivity index (χ2v) is 6.40. The lowest BCUT2D eigenvalue weighted by Crippen LogP contribution is -2.11. The van der Waals surface area contributed by atoms with Crippen LogP contribution in [-0.2, 0) is 12.8 Å². The molecule has 0 fully saturated rings. The number of nitrogens with one attached hydrogen (secondary N) is 1. The van der Waals surface area contributed by atoms with Gasteiger partial charge in [-0.3, -0.25) is 4.79 Å². The Hall–Kier alpha value is -2.01. The van der Waals surface area contributed by atoms with Crippen molar-refractivity contribution >= 4 is 21.6 Å². The molecule has 1 aliphatic carbocycles. The molecular weight excluding hydrogens is 287 g/mol. The van der Waals surface area contributed by atoms with Crippen molar-refractivity contribution in [2.45, 2.75) is 25.7 Å². The van der Waals surface area contributed by atoms with Crippen LogP contribution < -0.4 is 5.56 Å². The average Bonchev–Trinajstić information content (AvgIpc) is 2.86. The summed E-state index contributed by atoms with van der Waals surface area (Å²) in [6, 6.07) is 6.01. The molecule has 0 bridgehead atoms. The molecule has 0 atom stereocenters. The minimum atomic E-state index is -0.297. The molecule has 21 heavy (non-hydrogen) atoms. The summed E-state index contributed by atoms with van der Waals surface area (Å²) in [5.74, 6) is 0.208. The van der Waals surface area contributed by atoms with E-state index in [1.54, 1.807) is 23.5 Å². The Morgan fingerprint density at radius 1 is 1.14 bits per heavy atom. The number of nitrogens with zero attached hydrogens (tertiary/aromatic N) is 1. The van der Waals surface area contributed by atoms with Gasteiger partial charge in [-0.15, -0.1) is 11.3 Å². The van der Waals surface area contributed by atoms with E-state index in [-0.39, 0.29) is 11.4 Å². The summed E-state index contributed by atoms with van der Waals surface area (Å²) >= 11 is 1.62. The molecule has 0 radical (unpaired) electrons. The molecule has 0 aliphatic heterocycles. The Balaban J connectivity index is 1.93. The van der Waals surface area contributed by atoms with Crippen molar-refractivity contribution < 1.29 is 4.39 Å². The number of rotatable bonds is 1. The summed E-state index contributed by atoms with van der Waals surface area (Å²) in [6.07, 6.45) is 4.33. The van der Waals surface area contributed by atoms with Crippen molar-refractivity contribution in [2.24, 2.45) is 0 Å². The standard InChI is InChI=1S/C16H13FN2OS/c17-10-7-5-9(6-8-10)14-18-15(20)13-11-3-1-2-4-12(11)21-16(13)19-14/h5-8H,1-4H2,(H,18,19,20). The molecule has 3 nitrogen and oxygen atoms in total. The fourth-order valence-corrected chi connectivity index (χ4v) is 4.17. The number of aromatic amines is 1. The molecule has 5 heteroatoms. The zero-order chi connectivity index (χ0) is 14.4. The van der Waals surface area contributed by atoms with Crippen LogP contribution in [0.2, 0.25) is 0 Å². The number of aromatic nitrogens is 2. The van der Waals surface area contributed by atoms with E-state index in [9.17, 15) is 9.18 Å². The van der Waals surface area contributed by atoms with Gasteiger partial charge in [0.15, 0.2) is 0 Å². The first-order valence-corrected chi connectivity index (χ1v) is 7.84. The maximum Gasteiger partial charge on any atom is 0.260 e. The molecule has 3 aromatic rings. The number of benzene rings is 1. The lowest BCUT2D eigenvalue weighted by atomic mass is 9.97. The normalized spacial score (nSPS) is 14.3. The lowest BCUT2D eigenvalue weighted by Gasteiger charge is -2.09. The van der Waals surface area contributed by atoms with Crippen molar-refractivity contribution in [3.8, 4) is 11.4 Å². The molecule has 4 rings (SSSR count). The highest BCUT2D eigenvalue weighted by Crippen LogP contribution is 2.34. The average molecular weight is 300 g/mol. The fraction of sp³-hybridized carbons (Fsp3) is 0.250. The number of halogens is 1. The largest absolute Gasteiger partial charge is 0.306 e. The molecule has 2 heterocycles. The van der Waals surface area contributed by atoms with E-state index < -0.39 is 0 Å². The minimum absolute atomic E-state index is 0.0845. The Morgan fingerprint density at radius 3 is 2.71 bits per heavy atom. The van der Waals surface area contributed by atoms with Crippen molar-refractivity contribution in [3.63, 3.8) is 0 Å². The van der Waals surface area contributed by atoms with Gasteiger partial charge in [-0.1, -0.05) is 0 Å². The second kappa shape index (κ2) is 4.77. The second-order valence-electron chi connectivity index (χ2n) is 5.31. The van der Waals surface area contributed by atoms with E-state index in [2.05, 4.69) is 9.97 Å². The third-order valence-corrected chi connectivity index (χ3v) is 5.13. The monoisotopic (exact) mass is 300 g/mol. The van der Waals surface area contributed by atoms with Crippen molar-refractivity contribution in [1.29, 1.82) is 0 Å². The van der Waals surface area contributed by atoms with Crippen molar-refractivity contribution in [3.05, 3.63) is 50.9 Å². The van der Waals surface area contributed by atoms with Crippen LogP contribution in [0, 0.1) is 5.82 Å². The molecule has 1 N–H and O–H groups in total. The highest BCUT2D eigenvalue weighted by molar-refractivity contribution is 7.18. The molecule has 1 aliphatic rings. The van der Waals surface area contributed by atoms with Gasteiger partial charge in [0.25, 0.3) is 5.56 Å². The van der Waals surface area contributed by atoms with Gasteiger partial charge in [-0.05, 0) is 55.5 Å². The summed E-state index contributed by atoms with van der Waals surface area (Å²) in [6.45, 7) is 0. The van der Waals surface area contributed by atoms with Gasteiger partial charge in [0.05, 0.1) is 5.39 Å². The highest BCUT2D eigenvalue weighted by atomic mass is 32.1. The quantitative estimate of drug-likeness (QED) is 0.745. The maximum absolute atomic E-state index is 13.0. The van der Waals surface area contributed by atoms with Crippen LogP contribution in [0.4, 0.5) is 4.39 Å². The lowest BCUT2D eigenvalue weighted by molar-refractivity contribution is 0.628. The first-order chi connectivity index (χ1) is 10.2. The molecule has 106 valence electrons. The fourth-order valence-electron chi connectivity index (χ4n) is 2.91. The van der Waals surface area contributed by atoms with Crippen LogP contribution in [0.5, 0.6) is 0 Å². The summed E-state index contributed by atoms with van der Waals surface area (Å²) in [7, 11) is 0. The summed E-state index contributed by atoms with van der Waals surface area (Å²) in [5.41, 5.74) is 1.82. The molecule has 1 aromatic carbocycles. The molecule has 0 unspecified atom stereocenters. The van der Waals surface area contributed by atoms with Crippen LogP contribution in [0.25, 0.3) is 21.6 Å². The van der Waals surface area contributed by atoms with E-state index in [4.69, 9.17) is 0 Å². The van der Waals surface area contributed by atoms with Gasteiger partial charge in [0.1, 0.15) is 16.5 Å². The maximum atomic E-state index is 13.0. The van der Waals surface area contributed by atoms with E-state index in [1.165, 1.54) is 29.0 Å². The summed E-state index contributed by atoms with van der Waals surface area (Å²) in [4.78, 5) is 21.9. The van der Waals surface area contributed by atoms with Gasteiger partial charge in [-0.25, -0.2) is 9.37 Å². The predicted octanol–water partition coefficient (Wildman–Crippen LogP) is 3.67. The van der Waals surface area contributed by atoms with Crippen LogP contribution in [0.3, 0.4) is 0 Å². The van der Waals surface area contributed by atoms with E-state index in [0.29, 0.717) is 5.82 Å². The van der Waals surface area contributed by atoms with Gasteiger partial charge >= 0.3 is 0 Å². The van der Waals surface area contributed by atoms with Crippen LogP contribution >= 0.6 is 11.3 Å². The number of aryl methyl sites for hydroxylation is 2. The number of hydrogen-bond acceptors (Lipinski definition) is 3. The molecule has 0 spiro atoms. The predicted molar refractivity (Wildman–Crippen MR) is 82.3 cm³/mol. The Bertz CT molecular complexity index is 880. The Kier molecular flexibility index (Phi) is 2.89. The molecule has 0 saturated carbocycles. The number of H-pyrrole nitrogens is 1.